The number of rotatable bonds is 4. The van der Waals surface area contributed by atoms with E-state index in [9.17, 15) is 4.79 Å². The second kappa shape index (κ2) is 8.29. The summed E-state index contributed by atoms with van der Waals surface area (Å²) in [5.41, 5.74) is 1.29. The minimum absolute atomic E-state index is 0. The van der Waals surface area contributed by atoms with Crippen molar-refractivity contribution in [2.24, 2.45) is 0 Å². The fourth-order valence-electron chi connectivity index (χ4n) is 2.42. The minimum Gasteiger partial charge on any atom is -0.491 e. The van der Waals surface area contributed by atoms with E-state index in [-0.39, 0.29) is 25.5 Å². The summed E-state index contributed by atoms with van der Waals surface area (Å²) in [6.07, 6.45) is 0.209. The van der Waals surface area contributed by atoms with Gasteiger partial charge < -0.3 is 9.64 Å². The van der Waals surface area contributed by atoms with Crippen molar-refractivity contribution in [3.05, 3.63) is 29.8 Å². The number of hydrogen-bond donors (Lipinski definition) is 0. The van der Waals surface area contributed by atoms with Crippen molar-refractivity contribution in [2.45, 2.75) is 33.4 Å². The van der Waals surface area contributed by atoms with Crippen LogP contribution in [0.1, 0.15) is 26.3 Å². The van der Waals surface area contributed by atoms with Crippen LogP contribution in [0.2, 0.25) is 0 Å². The van der Waals surface area contributed by atoms with Crippen LogP contribution in [-0.2, 0) is 11.3 Å². The fraction of sp³-hybridized carbons (Fsp3) is 0.562. The van der Waals surface area contributed by atoms with Gasteiger partial charge in [0.2, 0.25) is 5.91 Å². The molecule has 0 atom stereocenters. The Hall–Kier alpha value is -1.20. The van der Waals surface area contributed by atoms with Crippen molar-refractivity contribution in [2.75, 3.05) is 26.2 Å². The molecule has 2 rings (SSSR count). The number of amides is 1. The monoisotopic (exact) mass is 310 g/mol. The highest BCUT2D eigenvalue weighted by Gasteiger charge is 2.18. The van der Waals surface area contributed by atoms with Crippen molar-refractivity contribution in [1.29, 1.82) is 0 Å². The molecule has 1 heterocycles. The van der Waals surface area contributed by atoms with Crippen molar-refractivity contribution in [3.8, 4) is 5.75 Å². The second-order valence-corrected chi connectivity index (χ2v) is 5.59. The number of piperazine rings is 1. The zero-order valence-corrected chi connectivity index (χ0v) is 14.1. The summed E-state index contributed by atoms with van der Waals surface area (Å²) in [6, 6.07) is 8.30. The number of hydrogen-bond acceptors (Lipinski definition) is 3. The SMILES string of the molecule is CC(=O)N1CCN(Cc2ccc(OC(C)C)cc2)CC1.S. The molecule has 1 fully saturated rings. The lowest BCUT2D eigenvalue weighted by molar-refractivity contribution is -0.130. The Balaban J connectivity index is 0.00000220. The van der Waals surface area contributed by atoms with Gasteiger partial charge in [-0.15, -0.1) is 0 Å². The van der Waals surface area contributed by atoms with E-state index in [2.05, 4.69) is 17.0 Å². The lowest BCUT2D eigenvalue weighted by Gasteiger charge is -2.34. The summed E-state index contributed by atoms with van der Waals surface area (Å²) < 4.78 is 5.64. The largest absolute Gasteiger partial charge is 0.491 e. The molecule has 0 N–H and O–H groups in total. The minimum atomic E-state index is 0. The van der Waals surface area contributed by atoms with Crippen molar-refractivity contribution < 1.29 is 9.53 Å². The zero-order chi connectivity index (χ0) is 14.5. The summed E-state index contributed by atoms with van der Waals surface area (Å²) in [4.78, 5) is 15.6. The van der Waals surface area contributed by atoms with E-state index in [1.54, 1.807) is 6.92 Å². The maximum Gasteiger partial charge on any atom is 0.219 e. The maximum atomic E-state index is 11.3. The molecule has 0 aliphatic carbocycles. The first-order valence-electron chi connectivity index (χ1n) is 7.28. The van der Waals surface area contributed by atoms with Crippen molar-refractivity contribution >= 4 is 19.4 Å². The third-order valence-corrected chi connectivity index (χ3v) is 3.52. The molecule has 0 bridgehead atoms. The molecular weight excluding hydrogens is 284 g/mol. The molecule has 0 saturated carbocycles. The van der Waals surface area contributed by atoms with E-state index in [0.29, 0.717) is 0 Å². The van der Waals surface area contributed by atoms with Crippen LogP contribution in [0, 0.1) is 0 Å². The number of benzene rings is 1. The molecule has 0 spiro atoms. The molecule has 5 heteroatoms. The van der Waals surface area contributed by atoms with E-state index in [4.69, 9.17) is 4.74 Å². The number of ether oxygens (including phenoxy) is 1. The van der Waals surface area contributed by atoms with Crippen LogP contribution in [0.5, 0.6) is 5.75 Å². The predicted octanol–water partition coefficient (Wildman–Crippen LogP) is 2.25. The van der Waals surface area contributed by atoms with Gasteiger partial charge in [-0.3, -0.25) is 9.69 Å². The first kappa shape index (κ1) is 17.9. The number of carbonyl (C=O) groups excluding carboxylic acids is 1. The molecule has 1 aliphatic rings. The lowest BCUT2D eigenvalue weighted by atomic mass is 10.2. The zero-order valence-electron chi connectivity index (χ0n) is 13.1. The van der Waals surface area contributed by atoms with E-state index in [1.807, 2.05) is 30.9 Å². The highest BCUT2D eigenvalue weighted by atomic mass is 32.1. The molecule has 0 aromatic heterocycles. The summed E-state index contributed by atoms with van der Waals surface area (Å²) in [5.74, 6) is 1.10. The van der Waals surface area contributed by atoms with Gasteiger partial charge in [0.1, 0.15) is 5.75 Å². The predicted molar refractivity (Wildman–Crippen MR) is 90.1 cm³/mol. The van der Waals surface area contributed by atoms with Gasteiger partial charge >= 0.3 is 0 Å². The van der Waals surface area contributed by atoms with Crippen LogP contribution in [0.4, 0.5) is 0 Å². The number of carbonyl (C=O) groups is 1. The third kappa shape index (κ3) is 5.59. The molecule has 1 aromatic carbocycles. The van der Waals surface area contributed by atoms with Gasteiger partial charge in [-0.2, -0.15) is 13.5 Å². The first-order valence-corrected chi connectivity index (χ1v) is 7.28. The molecule has 21 heavy (non-hydrogen) atoms. The number of nitrogens with zero attached hydrogens (tertiary/aromatic N) is 2. The molecule has 4 nitrogen and oxygen atoms in total. The Morgan fingerprint density at radius 1 is 1.14 bits per heavy atom. The molecule has 1 aromatic rings. The van der Waals surface area contributed by atoms with Gasteiger partial charge in [0, 0.05) is 39.6 Å². The first-order chi connectivity index (χ1) is 9.54. The molecule has 118 valence electrons. The molecule has 1 saturated heterocycles. The highest BCUT2D eigenvalue weighted by molar-refractivity contribution is 7.59. The van der Waals surface area contributed by atoms with Gasteiger partial charge in [-0.05, 0) is 31.5 Å². The van der Waals surface area contributed by atoms with Gasteiger partial charge in [-0.25, -0.2) is 0 Å². The maximum absolute atomic E-state index is 11.3. The molecule has 0 unspecified atom stereocenters. The topological polar surface area (TPSA) is 32.8 Å². The Labute approximate surface area is 134 Å². The summed E-state index contributed by atoms with van der Waals surface area (Å²) in [6.45, 7) is 10.2. The van der Waals surface area contributed by atoms with Gasteiger partial charge in [0.25, 0.3) is 0 Å². The lowest BCUT2D eigenvalue weighted by Crippen LogP contribution is -2.47. The van der Waals surface area contributed by atoms with Crippen molar-refractivity contribution in [3.63, 3.8) is 0 Å². The van der Waals surface area contributed by atoms with Gasteiger partial charge in [0.15, 0.2) is 0 Å². The fourth-order valence-corrected chi connectivity index (χ4v) is 2.42. The third-order valence-electron chi connectivity index (χ3n) is 3.52. The highest BCUT2D eigenvalue weighted by Crippen LogP contribution is 2.15. The summed E-state index contributed by atoms with van der Waals surface area (Å²) in [7, 11) is 0. The average Bonchev–Trinajstić information content (AvgIpc) is 2.41. The Morgan fingerprint density at radius 3 is 2.19 bits per heavy atom. The summed E-state index contributed by atoms with van der Waals surface area (Å²) >= 11 is 0. The Kier molecular flexibility index (Phi) is 7.05. The quantitative estimate of drug-likeness (QED) is 0.855. The van der Waals surface area contributed by atoms with E-state index >= 15 is 0 Å². The molecule has 1 amide bonds. The van der Waals surface area contributed by atoms with Crippen LogP contribution in [-0.4, -0.2) is 48.0 Å². The van der Waals surface area contributed by atoms with Crippen LogP contribution >= 0.6 is 13.5 Å². The van der Waals surface area contributed by atoms with E-state index in [0.717, 1.165) is 38.5 Å². The normalized spacial score (nSPS) is 15.7. The Morgan fingerprint density at radius 2 is 1.71 bits per heavy atom. The average molecular weight is 310 g/mol. The van der Waals surface area contributed by atoms with Crippen LogP contribution in [0.3, 0.4) is 0 Å². The van der Waals surface area contributed by atoms with E-state index in [1.165, 1.54) is 5.56 Å². The second-order valence-electron chi connectivity index (χ2n) is 5.59. The van der Waals surface area contributed by atoms with Crippen molar-refractivity contribution in [1.82, 2.24) is 9.80 Å². The molecule has 1 aliphatic heterocycles. The van der Waals surface area contributed by atoms with Crippen LogP contribution in [0.25, 0.3) is 0 Å². The summed E-state index contributed by atoms with van der Waals surface area (Å²) in [5, 5.41) is 0. The Bertz CT molecular complexity index is 440. The molecular formula is C16H26N2O2S. The van der Waals surface area contributed by atoms with Gasteiger partial charge in [-0.1, -0.05) is 12.1 Å². The molecule has 0 radical (unpaired) electrons. The van der Waals surface area contributed by atoms with Crippen LogP contribution in [0.15, 0.2) is 24.3 Å². The van der Waals surface area contributed by atoms with E-state index < -0.39 is 0 Å². The van der Waals surface area contributed by atoms with Crippen LogP contribution < -0.4 is 4.74 Å². The standard InChI is InChI=1S/C16H24N2O2.H2S/c1-13(2)20-16-6-4-15(5-7-16)12-17-8-10-18(11-9-17)14(3)19;/h4-7,13H,8-12H2,1-3H3;1H2. The van der Waals surface area contributed by atoms with Gasteiger partial charge in [0.05, 0.1) is 6.10 Å². The smallest absolute Gasteiger partial charge is 0.219 e.